The van der Waals surface area contributed by atoms with E-state index in [9.17, 15) is 19.5 Å². The van der Waals surface area contributed by atoms with Gasteiger partial charge in [-0.05, 0) is 6.07 Å². The summed E-state index contributed by atoms with van der Waals surface area (Å²) in [7, 11) is 3.22. The Balaban J connectivity index is 1.95. The largest absolute Gasteiger partial charge is 0.501 e. The van der Waals surface area contributed by atoms with Gasteiger partial charge in [-0.25, -0.2) is 4.98 Å². The van der Waals surface area contributed by atoms with E-state index in [0.29, 0.717) is 22.8 Å². The van der Waals surface area contributed by atoms with E-state index in [2.05, 4.69) is 20.0 Å². The van der Waals surface area contributed by atoms with Gasteiger partial charge in [0.1, 0.15) is 17.8 Å². The van der Waals surface area contributed by atoms with E-state index in [1.165, 1.54) is 19.5 Å². The average molecular weight is 393 g/mol. The van der Waals surface area contributed by atoms with Crippen molar-refractivity contribution >= 4 is 28.8 Å². The van der Waals surface area contributed by atoms with Gasteiger partial charge in [0, 0.05) is 42.3 Å². The van der Waals surface area contributed by atoms with Gasteiger partial charge in [-0.1, -0.05) is 17.3 Å². The van der Waals surface area contributed by atoms with Crippen molar-refractivity contribution in [1.82, 2.24) is 19.3 Å². The molecule has 0 bridgehead atoms. The number of hydrogen-bond acceptors (Lipinski definition) is 7. The zero-order chi connectivity index (χ0) is 20.7. The number of amides is 1. The predicted molar refractivity (Wildman–Crippen MR) is 103 cm³/mol. The second-order valence-electron chi connectivity index (χ2n) is 6.38. The molecule has 0 unspecified atom stereocenters. The summed E-state index contributed by atoms with van der Waals surface area (Å²) in [4.78, 5) is 40.9. The van der Waals surface area contributed by atoms with Crippen LogP contribution in [0.15, 0.2) is 46.2 Å². The number of rotatable bonds is 4. The van der Waals surface area contributed by atoms with E-state index < -0.39 is 22.9 Å². The summed E-state index contributed by atoms with van der Waals surface area (Å²) >= 11 is 0. The molecule has 10 heteroatoms. The summed E-state index contributed by atoms with van der Waals surface area (Å²) < 4.78 is 7.55. The summed E-state index contributed by atoms with van der Waals surface area (Å²) in [5.74, 6) is -1.47. The van der Waals surface area contributed by atoms with Crippen molar-refractivity contribution in [2.75, 3.05) is 5.32 Å². The third-order valence-electron chi connectivity index (χ3n) is 4.58. The van der Waals surface area contributed by atoms with Crippen molar-refractivity contribution < 1.29 is 19.2 Å². The molecule has 0 fully saturated rings. The van der Waals surface area contributed by atoms with Crippen LogP contribution in [-0.2, 0) is 14.1 Å². The van der Waals surface area contributed by atoms with Crippen LogP contribution >= 0.6 is 0 Å². The number of anilines is 1. The summed E-state index contributed by atoms with van der Waals surface area (Å²) in [6.07, 6.45) is 4.83. The Kier molecular flexibility index (Phi) is 4.23. The quantitative estimate of drug-likeness (QED) is 0.504. The van der Waals surface area contributed by atoms with Crippen LogP contribution in [0, 0.1) is 0 Å². The summed E-state index contributed by atoms with van der Waals surface area (Å²) in [5, 5.41) is 16.7. The maximum atomic E-state index is 12.6. The van der Waals surface area contributed by atoms with Crippen molar-refractivity contribution in [3.8, 4) is 17.1 Å². The second-order valence-corrected chi connectivity index (χ2v) is 6.38. The van der Waals surface area contributed by atoms with Gasteiger partial charge in [0.15, 0.2) is 12.0 Å². The average Bonchev–Trinajstić information content (AvgIpc) is 3.34. The molecule has 29 heavy (non-hydrogen) atoms. The van der Waals surface area contributed by atoms with E-state index in [0.717, 1.165) is 10.1 Å². The number of nitrogens with zero attached hydrogens (tertiary/aromatic N) is 4. The molecule has 0 aliphatic heterocycles. The fourth-order valence-electron chi connectivity index (χ4n) is 3.20. The first-order chi connectivity index (χ1) is 13.9. The summed E-state index contributed by atoms with van der Waals surface area (Å²) in [6, 6.07) is 5.27. The first kappa shape index (κ1) is 18.2. The lowest BCUT2D eigenvalue weighted by molar-refractivity contribution is 0.101. The van der Waals surface area contributed by atoms with Gasteiger partial charge in [-0.2, -0.15) is 0 Å². The second kappa shape index (κ2) is 6.75. The summed E-state index contributed by atoms with van der Waals surface area (Å²) in [6.45, 7) is 0. The highest BCUT2D eigenvalue weighted by molar-refractivity contribution is 6.07. The number of aromatic nitrogens is 4. The van der Waals surface area contributed by atoms with Gasteiger partial charge in [0.05, 0.1) is 6.20 Å². The molecule has 0 saturated carbocycles. The fraction of sp³-hybridized carbons (Fsp3) is 0.105. The lowest BCUT2D eigenvalue weighted by Gasteiger charge is -2.12. The number of carbonyl (C=O) groups excluding carboxylic acids is 2. The number of nitrogens with one attached hydrogen (secondary N) is 1. The van der Waals surface area contributed by atoms with E-state index in [1.807, 2.05) is 6.07 Å². The number of benzene rings is 1. The van der Waals surface area contributed by atoms with E-state index >= 15 is 0 Å². The lowest BCUT2D eigenvalue weighted by Crippen LogP contribution is -2.25. The number of aryl methyl sites for hydroxylation is 1. The van der Waals surface area contributed by atoms with Crippen LogP contribution in [-0.4, -0.2) is 36.6 Å². The van der Waals surface area contributed by atoms with Crippen LogP contribution in [0.5, 0.6) is 5.75 Å². The first-order valence-corrected chi connectivity index (χ1v) is 8.46. The highest BCUT2D eigenvalue weighted by Gasteiger charge is 2.23. The molecule has 3 aromatic heterocycles. The smallest absolute Gasteiger partial charge is 0.296 e. The van der Waals surface area contributed by atoms with Crippen LogP contribution in [0.3, 0.4) is 0 Å². The monoisotopic (exact) mass is 393 g/mol. The molecule has 0 radical (unpaired) electrons. The van der Waals surface area contributed by atoms with Gasteiger partial charge in [0.2, 0.25) is 5.75 Å². The first-order valence-electron chi connectivity index (χ1n) is 8.46. The highest BCUT2D eigenvalue weighted by atomic mass is 16.5. The van der Waals surface area contributed by atoms with Gasteiger partial charge in [0.25, 0.3) is 11.5 Å². The van der Waals surface area contributed by atoms with Gasteiger partial charge >= 0.3 is 0 Å². The van der Waals surface area contributed by atoms with Crippen LogP contribution in [0.4, 0.5) is 5.69 Å². The minimum atomic E-state index is -0.805. The number of fused-ring (bicyclic) bond motifs is 1. The third-order valence-corrected chi connectivity index (χ3v) is 4.58. The zero-order valence-corrected chi connectivity index (χ0v) is 15.4. The Bertz CT molecular complexity index is 1320. The predicted octanol–water partition coefficient (Wildman–Crippen LogP) is 1.70. The standard InChI is InChI=1S/C19H15N5O5/c1-23-7-10(8-25)14-12(4-3-5-13(14)23)17-22-15(16(26)19(28)24(17)2)18(27)21-11-6-20-29-9-11/h3-9,26H,1-2H3,(H,21,27). The maximum absolute atomic E-state index is 12.6. The normalized spacial score (nSPS) is 11.0. The van der Waals surface area contributed by atoms with Crippen molar-refractivity contribution in [2.45, 2.75) is 0 Å². The minimum Gasteiger partial charge on any atom is -0.501 e. The van der Waals surface area contributed by atoms with Gasteiger partial charge < -0.3 is 19.5 Å². The van der Waals surface area contributed by atoms with Gasteiger partial charge in [-0.15, -0.1) is 0 Å². The molecule has 0 spiro atoms. The molecular weight excluding hydrogens is 378 g/mol. The molecule has 0 atom stereocenters. The Morgan fingerprint density at radius 2 is 2.10 bits per heavy atom. The Morgan fingerprint density at radius 3 is 2.79 bits per heavy atom. The minimum absolute atomic E-state index is 0.128. The van der Waals surface area contributed by atoms with Crippen LogP contribution in [0.1, 0.15) is 20.8 Å². The van der Waals surface area contributed by atoms with Crippen molar-refractivity contribution in [3.63, 3.8) is 0 Å². The lowest BCUT2D eigenvalue weighted by atomic mass is 10.1. The molecule has 0 aliphatic carbocycles. The van der Waals surface area contributed by atoms with Crippen LogP contribution in [0.25, 0.3) is 22.3 Å². The molecular formula is C19H15N5O5. The Hall–Kier alpha value is -4.21. The molecule has 3 heterocycles. The maximum Gasteiger partial charge on any atom is 0.296 e. The number of aldehydes is 1. The SMILES string of the molecule is Cn1c(-c2cccc3c2c(C=O)cn3C)nc(C(=O)Nc2cnoc2)c(O)c1=O. The number of hydrogen-bond donors (Lipinski definition) is 2. The molecule has 4 rings (SSSR count). The highest BCUT2D eigenvalue weighted by Crippen LogP contribution is 2.31. The summed E-state index contributed by atoms with van der Waals surface area (Å²) in [5.41, 5.74) is 0.630. The molecule has 10 nitrogen and oxygen atoms in total. The van der Waals surface area contributed by atoms with Crippen LogP contribution < -0.4 is 10.9 Å². The molecule has 2 N–H and O–H groups in total. The molecule has 0 aliphatic rings. The van der Waals surface area contributed by atoms with Crippen molar-refractivity contribution in [3.05, 3.63) is 58.5 Å². The van der Waals surface area contributed by atoms with E-state index in [1.54, 1.807) is 29.9 Å². The third kappa shape index (κ3) is 2.87. The Labute approximate surface area is 163 Å². The molecule has 1 aromatic carbocycles. The van der Waals surface area contributed by atoms with Crippen molar-refractivity contribution in [1.29, 1.82) is 0 Å². The molecule has 146 valence electrons. The molecule has 1 amide bonds. The Morgan fingerprint density at radius 1 is 1.31 bits per heavy atom. The van der Waals surface area contributed by atoms with E-state index in [-0.39, 0.29) is 11.5 Å². The van der Waals surface area contributed by atoms with E-state index in [4.69, 9.17) is 0 Å². The van der Waals surface area contributed by atoms with Gasteiger partial charge in [-0.3, -0.25) is 19.0 Å². The topological polar surface area (TPSA) is 132 Å². The number of aromatic hydroxyl groups is 1. The number of carbonyl (C=O) groups is 2. The molecule has 0 saturated heterocycles. The zero-order valence-electron chi connectivity index (χ0n) is 15.4. The molecule has 4 aromatic rings. The fourth-order valence-corrected chi connectivity index (χ4v) is 3.20. The van der Waals surface area contributed by atoms with Crippen molar-refractivity contribution in [2.24, 2.45) is 14.1 Å². The van der Waals surface area contributed by atoms with Crippen LogP contribution in [0.2, 0.25) is 0 Å².